The number of rotatable bonds is 6. The molecule has 156 valence electrons. The molecule has 2 heterocycles. The summed E-state index contributed by atoms with van der Waals surface area (Å²) in [4.78, 5) is 28.7. The van der Waals surface area contributed by atoms with Gasteiger partial charge in [0.25, 0.3) is 5.91 Å². The van der Waals surface area contributed by atoms with Crippen molar-refractivity contribution in [2.24, 2.45) is 0 Å². The highest BCUT2D eigenvalue weighted by Crippen LogP contribution is 2.37. The molecule has 0 radical (unpaired) electrons. The van der Waals surface area contributed by atoms with Gasteiger partial charge >= 0.3 is 5.97 Å². The molecule has 0 saturated heterocycles. The number of carbonyl (C=O) groups is 2. The van der Waals surface area contributed by atoms with Crippen LogP contribution in [0.4, 0.5) is 5.00 Å². The number of amides is 1. The van der Waals surface area contributed by atoms with Gasteiger partial charge in [-0.2, -0.15) is 0 Å². The summed E-state index contributed by atoms with van der Waals surface area (Å²) in [5.74, 6) is -0.839. The number of ether oxygens (including phenoxy) is 1. The van der Waals surface area contributed by atoms with E-state index >= 15 is 0 Å². The molecule has 29 heavy (non-hydrogen) atoms. The largest absolute Gasteiger partial charge is 0.462 e. The zero-order valence-corrected chi connectivity index (χ0v) is 18.3. The van der Waals surface area contributed by atoms with Crippen molar-refractivity contribution in [1.29, 1.82) is 0 Å². The van der Waals surface area contributed by atoms with Crippen molar-refractivity contribution in [3.8, 4) is 0 Å². The van der Waals surface area contributed by atoms with E-state index in [1.54, 1.807) is 13.8 Å². The number of nitrogens with zero attached hydrogens (tertiary/aromatic N) is 1. The third-order valence-corrected chi connectivity index (χ3v) is 7.69. The zero-order chi connectivity index (χ0) is 21.2. The lowest BCUT2D eigenvalue weighted by Crippen LogP contribution is -2.26. The van der Waals surface area contributed by atoms with Gasteiger partial charge in [-0.15, -0.1) is 11.3 Å². The highest BCUT2D eigenvalue weighted by Gasteiger charge is 2.28. The Balaban J connectivity index is 1.89. The smallest absolute Gasteiger partial charge is 0.341 e. The molecule has 7 nitrogen and oxygen atoms in total. The number of thiophene rings is 1. The number of fused-ring (bicyclic) bond motifs is 1. The molecule has 0 saturated carbocycles. The van der Waals surface area contributed by atoms with Crippen LogP contribution >= 0.6 is 11.3 Å². The van der Waals surface area contributed by atoms with Crippen LogP contribution in [-0.4, -0.2) is 51.1 Å². The van der Waals surface area contributed by atoms with Crippen LogP contribution in [0.2, 0.25) is 0 Å². The average Bonchev–Trinajstić information content (AvgIpc) is 3.05. The van der Waals surface area contributed by atoms with E-state index in [1.165, 1.54) is 35.6 Å². The predicted octanol–water partition coefficient (Wildman–Crippen LogP) is 2.96. The van der Waals surface area contributed by atoms with Crippen molar-refractivity contribution in [2.75, 3.05) is 31.3 Å². The summed E-state index contributed by atoms with van der Waals surface area (Å²) in [6, 6.07) is 5.80. The van der Waals surface area contributed by atoms with Gasteiger partial charge in [0.2, 0.25) is 0 Å². The summed E-state index contributed by atoms with van der Waals surface area (Å²) >= 11 is 1.38. The fraction of sp³-hybridized carbons (Fsp3) is 0.400. The molecule has 0 unspecified atom stereocenters. The number of carbonyl (C=O) groups excluding carboxylic acids is 2. The van der Waals surface area contributed by atoms with E-state index in [2.05, 4.69) is 10.2 Å². The second-order valence-corrected chi connectivity index (χ2v) is 10.2. The third-order valence-electron chi connectivity index (χ3n) is 4.81. The molecule has 1 aromatic heterocycles. The van der Waals surface area contributed by atoms with E-state index in [4.69, 9.17) is 4.74 Å². The lowest BCUT2D eigenvalue weighted by atomic mass is 10.0. The van der Waals surface area contributed by atoms with Gasteiger partial charge in [-0.3, -0.25) is 4.79 Å². The van der Waals surface area contributed by atoms with E-state index in [1.807, 2.05) is 7.05 Å². The van der Waals surface area contributed by atoms with Gasteiger partial charge in [-0.1, -0.05) is 6.92 Å². The Morgan fingerprint density at radius 3 is 2.52 bits per heavy atom. The standard InChI is InChI=1S/C20H24N2O5S2/c1-4-27-20(24)17-15-10-11-22(3)12-16(15)28-19(17)21-18(23)13-6-8-14(9-7-13)29(25,26)5-2/h6-9H,4-5,10-12H2,1-3H3,(H,21,23). The molecule has 3 rings (SSSR count). The lowest BCUT2D eigenvalue weighted by molar-refractivity contribution is 0.0526. The molecule has 1 aromatic carbocycles. The van der Waals surface area contributed by atoms with Crippen LogP contribution in [0, 0.1) is 0 Å². The van der Waals surface area contributed by atoms with E-state index in [-0.39, 0.29) is 17.3 Å². The topological polar surface area (TPSA) is 92.8 Å². The highest BCUT2D eigenvalue weighted by molar-refractivity contribution is 7.91. The van der Waals surface area contributed by atoms with Gasteiger partial charge in [0.15, 0.2) is 9.84 Å². The van der Waals surface area contributed by atoms with E-state index in [0.29, 0.717) is 22.7 Å². The Morgan fingerprint density at radius 2 is 1.90 bits per heavy atom. The van der Waals surface area contributed by atoms with Crippen LogP contribution in [0.25, 0.3) is 0 Å². The van der Waals surface area contributed by atoms with Gasteiger partial charge in [0.05, 0.1) is 22.8 Å². The van der Waals surface area contributed by atoms with Gasteiger partial charge in [0.1, 0.15) is 5.00 Å². The minimum Gasteiger partial charge on any atom is -0.462 e. The first-order valence-corrected chi connectivity index (χ1v) is 11.9. The van der Waals surface area contributed by atoms with Crippen molar-refractivity contribution in [1.82, 2.24) is 4.90 Å². The van der Waals surface area contributed by atoms with Crippen LogP contribution in [-0.2, 0) is 27.5 Å². The molecule has 0 aliphatic carbocycles. The Labute approximate surface area is 174 Å². The molecule has 1 aliphatic heterocycles. The van der Waals surface area contributed by atoms with Crippen molar-refractivity contribution >= 4 is 38.1 Å². The van der Waals surface area contributed by atoms with Gasteiger partial charge in [-0.05, 0) is 50.2 Å². The fourth-order valence-corrected chi connectivity index (χ4v) is 5.39. The second kappa shape index (κ2) is 8.64. The minimum atomic E-state index is -3.33. The third kappa shape index (κ3) is 4.52. The molecule has 1 aliphatic rings. The average molecular weight is 437 g/mol. The lowest BCUT2D eigenvalue weighted by Gasteiger charge is -2.22. The summed E-state index contributed by atoms with van der Waals surface area (Å²) < 4.78 is 29.1. The van der Waals surface area contributed by atoms with E-state index in [0.717, 1.165) is 23.4 Å². The number of benzene rings is 1. The summed E-state index contributed by atoms with van der Waals surface area (Å²) in [7, 11) is -1.32. The predicted molar refractivity (Wildman–Crippen MR) is 112 cm³/mol. The van der Waals surface area contributed by atoms with Crippen LogP contribution in [0.1, 0.15) is 45.0 Å². The quantitative estimate of drug-likeness (QED) is 0.700. The van der Waals surface area contributed by atoms with Crippen molar-refractivity contribution < 1.29 is 22.7 Å². The number of hydrogen-bond acceptors (Lipinski definition) is 7. The van der Waals surface area contributed by atoms with Crippen molar-refractivity contribution in [3.63, 3.8) is 0 Å². The number of esters is 1. The SMILES string of the molecule is CCOC(=O)c1c(NC(=O)c2ccc(S(=O)(=O)CC)cc2)sc2c1CCN(C)C2. The molecular formula is C20H24N2O5S2. The van der Waals surface area contributed by atoms with Gasteiger partial charge in [0, 0.05) is 23.5 Å². The molecule has 0 bridgehead atoms. The normalized spacial score (nSPS) is 14.3. The molecule has 0 fully saturated rings. The monoisotopic (exact) mass is 436 g/mol. The van der Waals surface area contributed by atoms with Crippen LogP contribution in [0.15, 0.2) is 29.2 Å². The summed E-state index contributed by atoms with van der Waals surface area (Å²) in [6.07, 6.45) is 0.718. The Morgan fingerprint density at radius 1 is 1.21 bits per heavy atom. The molecule has 1 N–H and O–H groups in total. The molecule has 0 atom stereocenters. The first-order chi connectivity index (χ1) is 13.8. The van der Waals surface area contributed by atoms with Crippen LogP contribution < -0.4 is 5.32 Å². The van der Waals surface area contributed by atoms with Gasteiger partial charge in [-0.25, -0.2) is 13.2 Å². The fourth-order valence-electron chi connectivity index (χ4n) is 3.19. The van der Waals surface area contributed by atoms with E-state index in [9.17, 15) is 18.0 Å². The summed E-state index contributed by atoms with van der Waals surface area (Å²) in [5.41, 5.74) is 1.68. The number of sulfone groups is 1. The second-order valence-electron chi connectivity index (χ2n) is 6.80. The number of likely N-dealkylation sites (N-methyl/N-ethyl adjacent to an activating group) is 1. The van der Waals surface area contributed by atoms with Crippen molar-refractivity contribution in [2.45, 2.75) is 31.7 Å². The van der Waals surface area contributed by atoms with Crippen molar-refractivity contribution in [3.05, 3.63) is 45.8 Å². The summed E-state index contributed by atoms with van der Waals surface area (Å²) in [6.45, 7) is 5.12. The molecular weight excluding hydrogens is 412 g/mol. The maximum Gasteiger partial charge on any atom is 0.341 e. The summed E-state index contributed by atoms with van der Waals surface area (Å²) in [5, 5.41) is 3.29. The Bertz CT molecular complexity index is 1030. The maximum atomic E-state index is 12.7. The highest BCUT2D eigenvalue weighted by atomic mass is 32.2. The molecule has 1 amide bonds. The van der Waals surface area contributed by atoms with E-state index < -0.39 is 21.7 Å². The first-order valence-electron chi connectivity index (χ1n) is 9.41. The van der Waals surface area contributed by atoms with Gasteiger partial charge < -0.3 is 15.0 Å². The minimum absolute atomic E-state index is 0.00333. The maximum absolute atomic E-state index is 12.7. The first kappa shape index (κ1) is 21.5. The number of nitrogens with one attached hydrogen (secondary N) is 1. The number of hydrogen-bond donors (Lipinski definition) is 1. The Hall–Kier alpha value is -2.23. The van der Waals surface area contributed by atoms with Crippen LogP contribution in [0.5, 0.6) is 0 Å². The molecule has 9 heteroatoms. The number of anilines is 1. The Kier molecular flexibility index (Phi) is 6.40. The molecule has 2 aromatic rings. The zero-order valence-electron chi connectivity index (χ0n) is 16.6. The van der Waals surface area contributed by atoms with Crippen LogP contribution in [0.3, 0.4) is 0 Å². The molecule has 0 spiro atoms.